The Hall–Kier alpha value is -3.89. The lowest BCUT2D eigenvalue weighted by molar-refractivity contribution is 0.0599. The highest BCUT2D eigenvalue weighted by Crippen LogP contribution is 2.31. The quantitative estimate of drug-likeness (QED) is 0.267. The van der Waals surface area contributed by atoms with E-state index in [0.29, 0.717) is 16.4 Å². The van der Waals surface area contributed by atoms with E-state index < -0.39 is 11.7 Å². The largest absolute Gasteiger partial charge is 0.443 e. The van der Waals surface area contributed by atoms with E-state index in [1.54, 1.807) is 24.3 Å². The summed E-state index contributed by atoms with van der Waals surface area (Å²) in [6.45, 7) is 5.53. The SMILES string of the molecule is CC(C)(C)OC(=O)N(c1ccc(Cl)cc1)c1ccc(N=C(c2ccccc2)c2ccccc2)cc1. The average Bonchev–Trinajstić information content (AvgIpc) is 2.85. The van der Waals surface area contributed by atoms with Crippen molar-refractivity contribution >= 4 is 40.5 Å². The van der Waals surface area contributed by atoms with Crippen LogP contribution in [0.1, 0.15) is 31.9 Å². The van der Waals surface area contributed by atoms with Crippen molar-refractivity contribution < 1.29 is 9.53 Å². The van der Waals surface area contributed by atoms with Gasteiger partial charge in [-0.2, -0.15) is 0 Å². The molecule has 0 atom stereocenters. The number of benzene rings is 4. The fraction of sp³-hybridized carbons (Fsp3) is 0.133. The molecule has 0 aliphatic rings. The Morgan fingerprint density at radius 3 is 1.63 bits per heavy atom. The van der Waals surface area contributed by atoms with Gasteiger partial charge in [-0.3, -0.25) is 0 Å². The van der Waals surface area contributed by atoms with Crippen molar-refractivity contribution in [2.75, 3.05) is 4.90 Å². The Morgan fingerprint density at radius 2 is 1.17 bits per heavy atom. The van der Waals surface area contributed by atoms with Crippen LogP contribution in [0, 0.1) is 0 Å². The molecule has 0 bridgehead atoms. The van der Waals surface area contributed by atoms with E-state index in [9.17, 15) is 4.79 Å². The summed E-state index contributed by atoms with van der Waals surface area (Å²) in [5, 5.41) is 0.594. The van der Waals surface area contributed by atoms with Gasteiger partial charge in [0.05, 0.1) is 22.8 Å². The van der Waals surface area contributed by atoms with E-state index in [4.69, 9.17) is 21.3 Å². The summed E-state index contributed by atoms with van der Waals surface area (Å²) in [5.74, 6) is 0. The van der Waals surface area contributed by atoms with Gasteiger partial charge in [-0.1, -0.05) is 72.3 Å². The van der Waals surface area contributed by atoms with Crippen molar-refractivity contribution in [1.82, 2.24) is 0 Å². The van der Waals surface area contributed by atoms with Gasteiger partial charge in [0, 0.05) is 16.1 Å². The van der Waals surface area contributed by atoms with Crippen LogP contribution in [0.4, 0.5) is 21.9 Å². The van der Waals surface area contributed by atoms with Crippen LogP contribution in [-0.4, -0.2) is 17.4 Å². The zero-order chi connectivity index (χ0) is 24.8. The number of nitrogens with zero attached hydrogens (tertiary/aromatic N) is 2. The Bertz CT molecular complexity index is 1250. The monoisotopic (exact) mass is 482 g/mol. The number of rotatable bonds is 5. The minimum Gasteiger partial charge on any atom is -0.443 e. The molecule has 4 nitrogen and oxygen atoms in total. The van der Waals surface area contributed by atoms with Crippen LogP contribution in [-0.2, 0) is 4.74 Å². The Morgan fingerprint density at radius 1 is 0.714 bits per heavy atom. The zero-order valence-electron chi connectivity index (χ0n) is 20.0. The molecule has 0 unspecified atom stereocenters. The van der Waals surface area contributed by atoms with Gasteiger partial charge in [0.2, 0.25) is 0 Å². The number of ether oxygens (including phenoxy) is 1. The predicted molar refractivity (Wildman–Crippen MR) is 144 cm³/mol. The smallest absolute Gasteiger partial charge is 0.419 e. The number of hydrogen-bond acceptors (Lipinski definition) is 3. The molecule has 0 aromatic heterocycles. The summed E-state index contributed by atoms with van der Waals surface area (Å²) < 4.78 is 5.68. The summed E-state index contributed by atoms with van der Waals surface area (Å²) in [6, 6.07) is 34.8. The van der Waals surface area contributed by atoms with Crippen molar-refractivity contribution in [3.63, 3.8) is 0 Å². The van der Waals surface area contributed by atoms with E-state index in [2.05, 4.69) is 0 Å². The van der Waals surface area contributed by atoms with Crippen LogP contribution in [0.5, 0.6) is 0 Å². The van der Waals surface area contributed by atoms with E-state index in [1.165, 1.54) is 4.90 Å². The molecule has 4 rings (SSSR count). The number of carbonyl (C=O) groups excluding carboxylic acids is 1. The van der Waals surface area contributed by atoms with Crippen LogP contribution in [0.25, 0.3) is 0 Å². The zero-order valence-corrected chi connectivity index (χ0v) is 20.7. The number of carbonyl (C=O) groups is 1. The van der Waals surface area contributed by atoms with E-state index in [1.807, 2.05) is 106 Å². The topological polar surface area (TPSA) is 41.9 Å². The summed E-state index contributed by atoms with van der Waals surface area (Å²) in [5.41, 5.74) is 4.40. The maximum absolute atomic E-state index is 13.1. The number of halogens is 1. The van der Waals surface area contributed by atoms with Gasteiger partial charge in [0.25, 0.3) is 0 Å². The Kier molecular flexibility index (Phi) is 7.33. The molecule has 176 valence electrons. The third kappa shape index (κ3) is 6.37. The van der Waals surface area contributed by atoms with Crippen molar-refractivity contribution in [1.29, 1.82) is 0 Å². The number of amides is 1. The number of anilines is 2. The lowest BCUT2D eigenvalue weighted by atomic mass is 10.0. The molecule has 0 saturated heterocycles. The highest BCUT2D eigenvalue weighted by atomic mass is 35.5. The van der Waals surface area contributed by atoms with Crippen LogP contribution in [0.3, 0.4) is 0 Å². The van der Waals surface area contributed by atoms with Gasteiger partial charge >= 0.3 is 6.09 Å². The first-order chi connectivity index (χ1) is 16.8. The maximum Gasteiger partial charge on any atom is 0.419 e. The molecule has 0 spiro atoms. The first-order valence-corrected chi connectivity index (χ1v) is 11.8. The molecule has 4 aromatic rings. The molecule has 35 heavy (non-hydrogen) atoms. The van der Waals surface area contributed by atoms with E-state index in [0.717, 1.165) is 22.5 Å². The number of aliphatic imine (C=N–C) groups is 1. The summed E-state index contributed by atoms with van der Waals surface area (Å²) in [7, 11) is 0. The van der Waals surface area contributed by atoms with Gasteiger partial charge in [-0.15, -0.1) is 0 Å². The van der Waals surface area contributed by atoms with Gasteiger partial charge in [-0.25, -0.2) is 14.7 Å². The maximum atomic E-state index is 13.1. The molecular formula is C30H27ClN2O2. The molecule has 0 radical (unpaired) electrons. The summed E-state index contributed by atoms with van der Waals surface area (Å²) in [4.78, 5) is 19.6. The van der Waals surface area contributed by atoms with Gasteiger partial charge in [-0.05, 0) is 69.3 Å². The molecule has 0 aliphatic carbocycles. The van der Waals surface area contributed by atoms with Crippen LogP contribution in [0.2, 0.25) is 5.02 Å². The van der Waals surface area contributed by atoms with Crippen molar-refractivity contribution in [3.05, 3.63) is 125 Å². The second kappa shape index (κ2) is 10.6. The third-order valence-electron chi connectivity index (χ3n) is 5.10. The fourth-order valence-electron chi connectivity index (χ4n) is 3.55. The Balaban J connectivity index is 1.72. The molecular weight excluding hydrogens is 456 g/mol. The second-order valence-electron chi connectivity index (χ2n) is 9.00. The molecule has 0 aliphatic heterocycles. The van der Waals surface area contributed by atoms with E-state index >= 15 is 0 Å². The molecule has 1 amide bonds. The highest BCUT2D eigenvalue weighted by molar-refractivity contribution is 6.30. The van der Waals surface area contributed by atoms with Crippen molar-refractivity contribution in [2.24, 2.45) is 4.99 Å². The first-order valence-electron chi connectivity index (χ1n) is 11.4. The van der Waals surface area contributed by atoms with E-state index in [-0.39, 0.29) is 0 Å². The predicted octanol–water partition coefficient (Wildman–Crippen LogP) is 8.58. The average molecular weight is 483 g/mol. The summed E-state index contributed by atoms with van der Waals surface area (Å²) in [6.07, 6.45) is -0.467. The van der Waals surface area contributed by atoms with Crippen molar-refractivity contribution in [2.45, 2.75) is 26.4 Å². The minimum absolute atomic E-state index is 0.467. The third-order valence-corrected chi connectivity index (χ3v) is 5.36. The molecule has 0 fully saturated rings. The molecule has 0 saturated carbocycles. The normalized spacial score (nSPS) is 11.0. The lowest BCUT2D eigenvalue weighted by Gasteiger charge is -2.27. The van der Waals surface area contributed by atoms with Crippen LogP contribution in [0.15, 0.2) is 114 Å². The molecule has 5 heteroatoms. The van der Waals surface area contributed by atoms with Gasteiger partial charge in [0.1, 0.15) is 5.60 Å². The molecule has 4 aromatic carbocycles. The van der Waals surface area contributed by atoms with Crippen LogP contribution >= 0.6 is 11.6 Å². The first kappa shape index (κ1) is 24.2. The molecule has 0 heterocycles. The minimum atomic E-state index is -0.633. The van der Waals surface area contributed by atoms with Crippen LogP contribution < -0.4 is 4.90 Å². The van der Waals surface area contributed by atoms with Gasteiger partial charge < -0.3 is 4.74 Å². The Labute approximate surface area is 211 Å². The van der Waals surface area contributed by atoms with Gasteiger partial charge in [0.15, 0.2) is 0 Å². The number of hydrogen-bond donors (Lipinski definition) is 0. The summed E-state index contributed by atoms with van der Waals surface area (Å²) >= 11 is 6.07. The fourth-order valence-corrected chi connectivity index (χ4v) is 3.68. The standard InChI is InChI=1S/C30H27ClN2O2/c1-30(2,3)35-29(34)33(26-18-14-24(31)15-19-26)27-20-16-25(17-21-27)32-28(22-10-6-4-7-11-22)23-12-8-5-9-13-23/h4-21H,1-3H3. The lowest BCUT2D eigenvalue weighted by Crippen LogP contribution is -2.33. The second-order valence-corrected chi connectivity index (χ2v) is 9.44. The molecule has 0 N–H and O–H groups in total. The highest BCUT2D eigenvalue weighted by Gasteiger charge is 2.25. The van der Waals surface area contributed by atoms with Crippen molar-refractivity contribution in [3.8, 4) is 0 Å².